The predicted molar refractivity (Wildman–Crippen MR) is 92.5 cm³/mol. The average molecular weight is 366 g/mol. The van der Waals surface area contributed by atoms with Crippen LogP contribution in [-0.4, -0.2) is 33.8 Å². The van der Waals surface area contributed by atoms with Gasteiger partial charge in [-0.3, -0.25) is 9.59 Å². The number of rotatable bonds is 5. The van der Waals surface area contributed by atoms with E-state index in [1.807, 2.05) is 19.1 Å². The Balaban J connectivity index is 2.33. The number of sulfone groups is 1. The second-order valence-electron chi connectivity index (χ2n) is 5.17. The SMILES string of the molecule is CNC(=O)C(=O)NC[C@@H](c1ccc(C)cc1)S(=O)(=O)c1cccs1. The molecule has 1 atom stereocenters. The number of aryl methyl sites for hydroxylation is 1. The van der Waals surface area contributed by atoms with E-state index in [1.54, 1.807) is 23.6 Å². The van der Waals surface area contributed by atoms with E-state index in [9.17, 15) is 18.0 Å². The van der Waals surface area contributed by atoms with Gasteiger partial charge in [0.1, 0.15) is 9.46 Å². The van der Waals surface area contributed by atoms with Crippen LogP contribution in [0.2, 0.25) is 0 Å². The Kier molecular flexibility index (Phi) is 5.74. The third-order valence-corrected chi connectivity index (χ3v) is 7.01. The number of hydrogen-bond donors (Lipinski definition) is 2. The summed E-state index contributed by atoms with van der Waals surface area (Å²) in [4.78, 5) is 23.0. The summed E-state index contributed by atoms with van der Waals surface area (Å²) in [5.41, 5.74) is 1.56. The summed E-state index contributed by atoms with van der Waals surface area (Å²) in [7, 11) is -2.34. The number of nitrogens with one attached hydrogen (secondary N) is 2. The number of carbonyl (C=O) groups is 2. The van der Waals surface area contributed by atoms with Gasteiger partial charge < -0.3 is 10.6 Å². The van der Waals surface area contributed by atoms with Crippen molar-refractivity contribution in [3.63, 3.8) is 0 Å². The minimum Gasteiger partial charge on any atom is -0.351 e. The molecule has 2 aromatic rings. The van der Waals surface area contributed by atoms with Gasteiger partial charge in [0.25, 0.3) is 0 Å². The number of benzene rings is 1. The Morgan fingerprint density at radius 3 is 2.33 bits per heavy atom. The van der Waals surface area contributed by atoms with Gasteiger partial charge in [0, 0.05) is 13.6 Å². The quantitative estimate of drug-likeness (QED) is 0.783. The van der Waals surface area contributed by atoms with E-state index >= 15 is 0 Å². The van der Waals surface area contributed by atoms with Gasteiger partial charge in [0.2, 0.25) is 0 Å². The van der Waals surface area contributed by atoms with Crippen LogP contribution in [0.25, 0.3) is 0 Å². The minimum atomic E-state index is -3.68. The van der Waals surface area contributed by atoms with Crippen LogP contribution in [0.1, 0.15) is 16.4 Å². The Bertz CT molecular complexity index is 812. The molecule has 0 spiro atoms. The molecule has 0 radical (unpaired) electrons. The van der Waals surface area contributed by atoms with E-state index in [0.29, 0.717) is 5.56 Å². The van der Waals surface area contributed by atoms with E-state index < -0.39 is 26.9 Å². The normalized spacial score (nSPS) is 12.4. The van der Waals surface area contributed by atoms with Gasteiger partial charge in [-0.05, 0) is 23.9 Å². The van der Waals surface area contributed by atoms with E-state index in [2.05, 4.69) is 10.6 Å². The van der Waals surface area contributed by atoms with Crippen LogP contribution < -0.4 is 10.6 Å². The lowest BCUT2D eigenvalue weighted by Crippen LogP contribution is -2.40. The fourth-order valence-electron chi connectivity index (χ4n) is 2.13. The fourth-order valence-corrected chi connectivity index (χ4v) is 5.00. The highest BCUT2D eigenvalue weighted by Gasteiger charge is 2.31. The van der Waals surface area contributed by atoms with Gasteiger partial charge in [0.15, 0.2) is 9.84 Å². The van der Waals surface area contributed by atoms with Crippen LogP contribution in [0.15, 0.2) is 46.0 Å². The smallest absolute Gasteiger partial charge is 0.309 e. The first-order valence-corrected chi connectivity index (χ1v) is 9.62. The molecule has 2 N–H and O–H groups in total. The van der Waals surface area contributed by atoms with Gasteiger partial charge in [0.05, 0.1) is 0 Å². The topological polar surface area (TPSA) is 92.3 Å². The lowest BCUT2D eigenvalue weighted by molar-refractivity contribution is -0.138. The predicted octanol–water partition coefficient (Wildman–Crippen LogP) is 1.43. The maximum Gasteiger partial charge on any atom is 0.309 e. The molecule has 6 nitrogen and oxygen atoms in total. The first kappa shape index (κ1) is 18.2. The molecule has 0 saturated heterocycles. The van der Waals surface area contributed by atoms with Crippen LogP contribution in [-0.2, 0) is 19.4 Å². The third kappa shape index (κ3) is 4.01. The number of thiophene rings is 1. The number of amides is 2. The summed E-state index contributed by atoms with van der Waals surface area (Å²) >= 11 is 1.12. The van der Waals surface area contributed by atoms with Crippen LogP contribution in [0.4, 0.5) is 0 Å². The van der Waals surface area contributed by atoms with Gasteiger partial charge in [-0.15, -0.1) is 11.3 Å². The molecular formula is C16H18N2O4S2. The maximum atomic E-state index is 12.9. The number of carbonyl (C=O) groups excluding carboxylic acids is 2. The molecule has 1 aromatic heterocycles. The Morgan fingerprint density at radius 2 is 1.79 bits per heavy atom. The second kappa shape index (κ2) is 7.59. The van der Waals surface area contributed by atoms with Gasteiger partial charge in [-0.2, -0.15) is 0 Å². The van der Waals surface area contributed by atoms with Gasteiger partial charge in [-0.25, -0.2) is 8.42 Å². The van der Waals surface area contributed by atoms with Gasteiger partial charge in [-0.1, -0.05) is 35.9 Å². The van der Waals surface area contributed by atoms with Crippen LogP contribution in [0.3, 0.4) is 0 Å². The summed E-state index contributed by atoms with van der Waals surface area (Å²) in [6.45, 7) is 1.72. The molecule has 0 aliphatic rings. The Hall–Kier alpha value is -2.19. The first-order valence-electron chi connectivity index (χ1n) is 7.20. The van der Waals surface area contributed by atoms with E-state index in [1.165, 1.54) is 13.1 Å². The zero-order valence-corrected chi connectivity index (χ0v) is 14.9. The van der Waals surface area contributed by atoms with Crippen molar-refractivity contribution in [3.05, 3.63) is 52.9 Å². The maximum absolute atomic E-state index is 12.9. The molecule has 1 heterocycles. The second-order valence-corrected chi connectivity index (χ2v) is 8.47. The largest absolute Gasteiger partial charge is 0.351 e. The molecule has 0 bridgehead atoms. The van der Waals surface area contributed by atoms with E-state index in [4.69, 9.17) is 0 Å². The highest BCUT2D eigenvalue weighted by molar-refractivity contribution is 7.93. The first-order chi connectivity index (χ1) is 11.4. The van der Waals surface area contributed by atoms with Crippen molar-refractivity contribution < 1.29 is 18.0 Å². The Morgan fingerprint density at radius 1 is 1.12 bits per heavy atom. The van der Waals surface area contributed by atoms with Crippen molar-refractivity contribution in [1.82, 2.24) is 10.6 Å². The molecule has 2 amide bonds. The molecule has 24 heavy (non-hydrogen) atoms. The lowest BCUT2D eigenvalue weighted by Gasteiger charge is -2.18. The fraction of sp³-hybridized carbons (Fsp3) is 0.250. The molecule has 0 unspecified atom stereocenters. The molecule has 0 fully saturated rings. The minimum absolute atomic E-state index is 0.185. The molecule has 0 saturated carbocycles. The van der Waals surface area contributed by atoms with Crippen molar-refractivity contribution in [2.45, 2.75) is 16.4 Å². The molecular weight excluding hydrogens is 348 g/mol. The van der Waals surface area contributed by atoms with Crippen LogP contribution in [0, 0.1) is 6.92 Å². The molecule has 128 valence electrons. The molecule has 0 aliphatic heterocycles. The van der Waals surface area contributed by atoms with Crippen molar-refractivity contribution in [2.75, 3.05) is 13.6 Å². The molecule has 2 rings (SSSR count). The van der Waals surface area contributed by atoms with E-state index in [0.717, 1.165) is 16.9 Å². The summed E-state index contributed by atoms with van der Waals surface area (Å²) in [6, 6.07) is 10.3. The van der Waals surface area contributed by atoms with Crippen molar-refractivity contribution in [1.29, 1.82) is 0 Å². The summed E-state index contributed by atoms with van der Waals surface area (Å²) in [6.07, 6.45) is 0. The van der Waals surface area contributed by atoms with E-state index in [-0.39, 0.29) is 10.8 Å². The standard InChI is InChI=1S/C16H18N2O4S2/c1-11-5-7-12(8-6-11)13(10-18-16(20)15(19)17-2)24(21,22)14-4-3-9-23-14/h3-9,13H,10H2,1-2H3,(H,17,19)(H,18,20)/t13-/m0/s1. The van der Waals surface area contributed by atoms with Crippen LogP contribution >= 0.6 is 11.3 Å². The third-order valence-electron chi connectivity index (χ3n) is 3.48. The zero-order valence-electron chi connectivity index (χ0n) is 13.3. The van der Waals surface area contributed by atoms with Crippen molar-refractivity contribution >= 4 is 33.0 Å². The summed E-state index contributed by atoms with van der Waals surface area (Å²) in [5.74, 6) is -1.68. The average Bonchev–Trinajstić information content (AvgIpc) is 3.10. The highest BCUT2D eigenvalue weighted by atomic mass is 32.2. The van der Waals surface area contributed by atoms with Crippen LogP contribution in [0.5, 0.6) is 0 Å². The number of likely N-dealkylation sites (N-methyl/N-ethyl adjacent to an activating group) is 1. The van der Waals surface area contributed by atoms with Gasteiger partial charge >= 0.3 is 11.8 Å². The molecule has 8 heteroatoms. The Labute approximate surface area is 144 Å². The monoisotopic (exact) mass is 366 g/mol. The molecule has 1 aromatic carbocycles. The molecule has 0 aliphatic carbocycles. The van der Waals surface area contributed by atoms with Crippen molar-refractivity contribution in [2.24, 2.45) is 0 Å². The summed E-state index contributed by atoms with van der Waals surface area (Å²) < 4.78 is 26.0. The number of hydrogen-bond acceptors (Lipinski definition) is 5. The highest BCUT2D eigenvalue weighted by Crippen LogP contribution is 2.31. The van der Waals surface area contributed by atoms with Crippen molar-refractivity contribution in [3.8, 4) is 0 Å². The summed E-state index contributed by atoms with van der Waals surface area (Å²) in [5, 5.41) is 5.31. The lowest BCUT2D eigenvalue weighted by atomic mass is 10.1. The zero-order chi connectivity index (χ0) is 17.7.